The largest absolute Gasteiger partial charge is 0.497 e. The van der Waals surface area contributed by atoms with Crippen LogP contribution in [0.1, 0.15) is 81.4 Å². The summed E-state index contributed by atoms with van der Waals surface area (Å²) in [4.78, 5) is 32.1. The van der Waals surface area contributed by atoms with E-state index in [2.05, 4.69) is 57.6 Å². The first-order valence-electron chi connectivity index (χ1n) is 16.4. The SMILES string of the molecule is COc1ccc(CN2CCC3(CCN(CC[C@H](NC(=O)C45CC6CC(CC(C6)C4)C5)c4ccccc4)CC3)C2=O)cc1. The van der Waals surface area contributed by atoms with Crippen molar-refractivity contribution in [3.63, 3.8) is 0 Å². The van der Waals surface area contributed by atoms with Crippen molar-refractivity contribution in [2.45, 2.75) is 76.8 Å². The Labute approximate surface area is 251 Å². The third kappa shape index (κ3) is 5.36. The number of nitrogens with zero attached hydrogens (tertiary/aromatic N) is 2. The number of carbonyl (C=O) groups is 2. The van der Waals surface area contributed by atoms with Gasteiger partial charge in [-0.25, -0.2) is 0 Å². The Morgan fingerprint density at radius 2 is 1.52 bits per heavy atom. The zero-order chi connectivity index (χ0) is 28.7. The third-order valence-corrected chi connectivity index (χ3v) is 11.7. The van der Waals surface area contributed by atoms with Crippen LogP contribution < -0.4 is 10.1 Å². The molecule has 4 bridgehead atoms. The number of hydrogen-bond donors (Lipinski definition) is 1. The highest BCUT2D eigenvalue weighted by Gasteiger charge is 2.55. The highest BCUT2D eigenvalue weighted by Crippen LogP contribution is 2.60. The minimum atomic E-state index is -0.200. The monoisotopic (exact) mass is 569 g/mol. The van der Waals surface area contributed by atoms with Gasteiger partial charge in [-0.1, -0.05) is 42.5 Å². The highest BCUT2D eigenvalue weighted by atomic mass is 16.5. The predicted octanol–water partition coefficient (Wildman–Crippen LogP) is 5.97. The summed E-state index contributed by atoms with van der Waals surface area (Å²) in [5, 5.41) is 3.59. The van der Waals surface area contributed by atoms with Gasteiger partial charge in [-0.3, -0.25) is 9.59 Å². The fourth-order valence-corrected chi connectivity index (χ4v) is 9.68. The van der Waals surface area contributed by atoms with Gasteiger partial charge in [-0.2, -0.15) is 0 Å². The molecule has 2 aromatic carbocycles. The van der Waals surface area contributed by atoms with Gasteiger partial charge in [0.25, 0.3) is 0 Å². The zero-order valence-electron chi connectivity index (χ0n) is 25.2. The summed E-state index contributed by atoms with van der Waals surface area (Å²) >= 11 is 0. The summed E-state index contributed by atoms with van der Waals surface area (Å²) in [6.07, 6.45) is 11.1. The van der Waals surface area contributed by atoms with Crippen LogP contribution in [-0.2, 0) is 16.1 Å². The van der Waals surface area contributed by atoms with Crippen LogP contribution >= 0.6 is 0 Å². The van der Waals surface area contributed by atoms with E-state index in [1.165, 1.54) is 24.8 Å². The maximum atomic E-state index is 14.0. The van der Waals surface area contributed by atoms with Crippen molar-refractivity contribution in [2.24, 2.45) is 28.6 Å². The topological polar surface area (TPSA) is 61.9 Å². The Morgan fingerprint density at radius 1 is 0.905 bits per heavy atom. The van der Waals surface area contributed by atoms with E-state index in [1.807, 2.05) is 12.1 Å². The van der Waals surface area contributed by atoms with Crippen LogP contribution in [0.15, 0.2) is 54.6 Å². The Bertz CT molecular complexity index is 1230. The molecule has 2 aromatic rings. The molecule has 6 aliphatic rings. The lowest BCUT2D eigenvalue weighted by Gasteiger charge is -2.55. The molecule has 1 spiro atoms. The summed E-state index contributed by atoms with van der Waals surface area (Å²) in [5.41, 5.74) is 2.04. The van der Waals surface area contributed by atoms with E-state index in [4.69, 9.17) is 4.74 Å². The number of amides is 2. The first kappa shape index (κ1) is 27.9. The second kappa shape index (κ2) is 11.3. The molecule has 6 heteroatoms. The van der Waals surface area contributed by atoms with Crippen molar-refractivity contribution < 1.29 is 14.3 Å². The molecular weight excluding hydrogens is 522 g/mol. The highest BCUT2D eigenvalue weighted by molar-refractivity contribution is 5.85. The first-order valence-corrected chi connectivity index (χ1v) is 16.4. The standard InChI is InChI=1S/C36H47N3O3/c1-42-31-9-7-26(8-10-31)25-39-18-14-35(34(39)41)12-16-38(17-13-35)15-11-32(30-5-3-2-4-6-30)37-33(40)36-22-27-19-28(23-36)21-29(20-27)24-36/h2-10,27-29,32H,11-25H2,1H3,(H,37,40)/t27?,28?,29?,32-,36?/m0/s1. The van der Waals surface area contributed by atoms with Crippen molar-refractivity contribution in [1.29, 1.82) is 0 Å². The molecule has 2 heterocycles. The average molecular weight is 570 g/mol. The van der Waals surface area contributed by atoms with E-state index in [0.29, 0.717) is 18.4 Å². The average Bonchev–Trinajstić information content (AvgIpc) is 3.30. The third-order valence-electron chi connectivity index (χ3n) is 11.7. The first-order chi connectivity index (χ1) is 20.4. The van der Waals surface area contributed by atoms with E-state index in [1.54, 1.807) is 7.11 Å². The lowest BCUT2D eigenvalue weighted by atomic mass is 9.49. The molecule has 4 saturated carbocycles. The second-order valence-corrected chi connectivity index (χ2v) is 14.4. The van der Waals surface area contributed by atoms with E-state index in [9.17, 15) is 9.59 Å². The summed E-state index contributed by atoms with van der Waals surface area (Å²) in [5.74, 6) is 3.80. The molecular formula is C36H47N3O3. The van der Waals surface area contributed by atoms with Crippen LogP contribution in [-0.4, -0.2) is 54.9 Å². The van der Waals surface area contributed by atoms with Crippen molar-refractivity contribution in [3.8, 4) is 5.75 Å². The summed E-state index contributed by atoms with van der Waals surface area (Å²) in [6, 6.07) is 18.7. The fourth-order valence-electron chi connectivity index (χ4n) is 9.68. The molecule has 6 nitrogen and oxygen atoms in total. The van der Waals surface area contributed by atoms with Crippen LogP contribution in [0.4, 0.5) is 0 Å². The fraction of sp³-hybridized carbons (Fsp3) is 0.611. The lowest BCUT2D eigenvalue weighted by Crippen LogP contribution is -2.54. The van der Waals surface area contributed by atoms with Crippen molar-refractivity contribution >= 4 is 11.8 Å². The Kier molecular flexibility index (Phi) is 7.54. The molecule has 2 aliphatic heterocycles. The molecule has 1 atom stereocenters. The second-order valence-electron chi connectivity index (χ2n) is 14.4. The molecule has 8 rings (SSSR count). The van der Waals surface area contributed by atoms with Gasteiger partial charge >= 0.3 is 0 Å². The molecule has 0 aromatic heterocycles. The molecule has 0 unspecified atom stereocenters. The van der Waals surface area contributed by atoms with E-state index in [0.717, 1.165) is 100 Å². The van der Waals surface area contributed by atoms with Gasteiger partial charge in [-0.05, 0) is 118 Å². The maximum Gasteiger partial charge on any atom is 0.229 e. The smallest absolute Gasteiger partial charge is 0.229 e. The number of piperidine rings is 1. The Morgan fingerprint density at radius 3 is 2.14 bits per heavy atom. The van der Waals surface area contributed by atoms with Crippen LogP contribution in [0.25, 0.3) is 0 Å². The summed E-state index contributed by atoms with van der Waals surface area (Å²) in [7, 11) is 1.68. The van der Waals surface area contributed by atoms with E-state index in [-0.39, 0.29) is 16.9 Å². The molecule has 6 fully saturated rings. The molecule has 4 aliphatic carbocycles. The van der Waals surface area contributed by atoms with Crippen molar-refractivity contribution in [1.82, 2.24) is 15.1 Å². The molecule has 1 N–H and O–H groups in total. The number of carbonyl (C=O) groups excluding carboxylic acids is 2. The number of benzene rings is 2. The normalized spacial score (nSPS) is 30.5. The minimum absolute atomic E-state index is 0.0377. The quantitative estimate of drug-likeness (QED) is 0.404. The van der Waals surface area contributed by atoms with Crippen LogP contribution in [0.5, 0.6) is 5.75 Å². The van der Waals surface area contributed by atoms with Gasteiger partial charge in [0, 0.05) is 25.0 Å². The minimum Gasteiger partial charge on any atom is -0.497 e. The van der Waals surface area contributed by atoms with Gasteiger partial charge in [0.15, 0.2) is 0 Å². The molecule has 0 radical (unpaired) electrons. The Balaban J connectivity index is 0.953. The zero-order valence-corrected chi connectivity index (χ0v) is 25.2. The number of hydrogen-bond acceptors (Lipinski definition) is 4. The lowest BCUT2D eigenvalue weighted by molar-refractivity contribution is -0.147. The molecule has 42 heavy (non-hydrogen) atoms. The van der Waals surface area contributed by atoms with Crippen molar-refractivity contribution in [2.75, 3.05) is 33.3 Å². The maximum absolute atomic E-state index is 14.0. The molecule has 224 valence electrons. The van der Waals surface area contributed by atoms with Crippen LogP contribution in [0.3, 0.4) is 0 Å². The molecule has 2 saturated heterocycles. The van der Waals surface area contributed by atoms with Crippen LogP contribution in [0.2, 0.25) is 0 Å². The Hall–Kier alpha value is -2.86. The van der Waals surface area contributed by atoms with Gasteiger partial charge in [0.2, 0.25) is 11.8 Å². The van der Waals surface area contributed by atoms with Crippen molar-refractivity contribution in [3.05, 3.63) is 65.7 Å². The van der Waals surface area contributed by atoms with Crippen LogP contribution in [0, 0.1) is 28.6 Å². The summed E-state index contributed by atoms with van der Waals surface area (Å²) < 4.78 is 5.28. The van der Waals surface area contributed by atoms with Gasteiger partial charge in [0.05, 0.1) is 18.6 Å². The number of rotatable bonds is 9. The van der Waals surface area contributed by atoms with E-state index < -0.39 is 0 Å². The number of methoxy groups -OCH3 is 1. The number of likely N-dealkylation sites (tertiary alicyclic amines) is 2. The summed E-state index contributed by atoms with van der Waals surface area (Å²) in [6.45, 7) is 4.37. The van der Waals surface area contributed by atoms with Gasteiger partial charge < -0.3 is 19.9 Å². The van der Waals surface area contributed by atoms with E-state index >= 15 is 0 Å². The predicted molar refractivity (Wildman–Crippen MR) is 164 cm³/mol. The number of ether oxygens (including phenoxy) is 1. The van der Waals surface area contributed by atoms with Gasteiger partial charge in [0.1, 0.15) is 5.75 Å². The molecule has 2 amide bonds. The van der Waals surface area contributed by atoms with Gasteiger partial charge in [-0.15, -0.1) is 0 Å². The number of nitrogens with one attached hydrogen (secondary N) is 1.